The Morgan fingerprint density at radius 3 is 2.75 bits per heavy atom. The zero-order valence-electron chi connectivity index (χ0n) is 9.68. The number of aliphatic carboxylic acids is 1. The highest BCUT2D eigenvalue weighted by atomic mass is 16.5. The molecule has 0 bridgehead atoms. The summed E-state index contributed by atoms with van der Waals surface area (Å²) in [6.45, 7) is 3.66. The summed E-state index contributed by atoms with van der Waals surface area (Å²) in [6, 6.07) is 0. The van der Waals surface area contributed by atoms with Crippen LogP contribution in [0.25, 0.3) is 0 Å². The Bertz CT molecular complexity index is 270. The predicted molar refractivity (Wildman–Crippen MR) is 57.1 cm³/mol. The van der Waals surface area contributed by atoms with E-state index in [0.29, 0.717) is 19.7 Å². The van der Waals surface area contributed by atoms with E-state index in [0.717, 1.165) is 0 Å². The molecule has 0 aromatic carbocycles. The Morgan fingerprint density at radius 2 is 2.19 bits per heavy atom. The van der Waals surface area contributed by atoms with Gasteiger partial charge in [0.25, 0.3) is 0 Å². The summed E-state index contributed by atoms with van der Waals surface area (Å²) in [5, 5.41) is 8.56. The highest BCUT2D eigenvalue weighted by Gasteiger charge is 2.22. The zero-order valence-corrected chi connectivity index (χ0v) is 9.68. The van der Waals surface area contributed by atoms with Gasteiger partial charge >= 0.3 is 5.97 Å². The van der Waals surface area contributed by atoms with Crippen molar-refractivity contribution in [1.29, 1.82) is 0 Å². The molecule has 1 unspecified atom stereocenters. The Kier molecular flexibility index (Phi) is 4.70. The lowest BCUT2D eigenvalue weighted by Gasteiger charge is -2.32. The fourth-order valence-electron chi connectivity index (χ4n) is 1.66. The van der Waals surface area contributed by atoms with E-state index in [1.807, 2.05) is 6.92 Å². The van der Waals surface area contributed by atoms with Gasteiger partial charge in [-0.2, -0.15) is 0 Å². The van der Waals surface area contributed by atoms with Gasteiger partial charge in [0, 0.05) is 13.1 Å². The van der Waals surface area contributed by atoms with Crippen molar-refractivity contribution in [1.82, 2.24) is 9.80 Å². The quantitative estimate of drug-likeness (QED) is 0.688. The van der Waals surface area contributed by atoms with Crippen molar-refractivity contribution in [3.05, 3.63) is 0 Å². The van der Waals surface area contributed by atoms with E-state index in [4.69, 9.17) is 9.84 Å². The van der Waals surface area contributed by atoms with Gasteiger partial charge in [-0.25, -0.2) is 0 Å². The lowest BCUT2D eigenvalue weighted by atomic mass is 10.3. The number of hydrogen-bond donors (Lipinski definition) is 1. The van der Waals surface area contributed by atoms with Gasteiger partial charge in [-0.1, -0.05) is 0 Å². The molecule has 1 N–H and O–H groups in total. The van der Waals surface area contributed by atoms with Gasteiger partial charge in [-0.3, -0.25) is 14.5 Å². The van der Waals surface area contributed by atoms with Gasteiger partial charge in [0.05, 0.1) is 25.8 Å². The maximum atomic E-state index is 11.8. The molecule has 16 heavy (non-hydrogen) atoms. The number of amides is 1. The van der Waals surface area contributed by atoms with Crippen LogP contribution in [0.15, 0.2) is 0 Å². The van der Waals surface area contributed by atoms with Gasteiger partial charge < -0.3 is 14.7 Å². The minimum Gasteiger partial charge on any atom is -0.480 e. The van der Waals surface area contributed by atoms with E-state index < -0.39 is 5.97 Å². The molecule has 1 saturated heterocycles. The Morgan fingerprint density at radius 1 is 1.50 bits per heavy atom. The lowest BCUT2D eigenvalue weighted by molar-refractivity contribution is -0.141. The summed E-state index contributed by atoms with van der Waals surface area (Å²) in [6.07, 6.45) is 0.0579. The molecular weight excluding hydrogens is 212 g/mol. The number of carbonyl (C=O) groups excluding carboxylic acids is 1. The number of rotatable bonds is 4. The fraction of sp³-hybridized carbons (Fsp3) is 0.800. The first-order valence-electron chi connectivity index (χ1n) is 5.28. The van der Waals surface area contributed by atoms with Crippen molar-refractivity contribution in [2.75, 3.05) is 39.8 Å². The maximum absolute atomic E-state index is 11.8. The van der Waals surface area contributed by atoms with Crippen molar-refractivity contribution in [2.24, 2.45) is 0 Å². The van der Waals surface area contributed by atoms with Crippen molar-refractivity contribution in [3.8, 4) is 0 Å². The fourth-order valence-corrected chi connectivity index (χ4v) is 1.66. The first kappa shape index (κ1) is 12.9. The van der Waals surface area contributed by atoms with Crippen molar-refractivity contribution < 1.29 is 19.4 Å². The van der Waals surface area contributed by atoms with Crippen LogP contribution in [0, 0.1) is 0 Å². The Labute approximate surface area is 94.8 Å². The highest BCUT2D eigenvalue weighted by molar-refractivity contribution is 5.79. The summed E-state index contributed by atoms with van der Waals surface area (Å²) in [5.74, 6) is -0.968. The number of hydrogen-bond acceptors (Lipinski definition) is 4. The van der Waals surface area contributed by atoms with Crippen LogP contribution in [0.5, 0.6) is 0 Å². The standard InChI is InChI=1S/C10H18N2O4/c1-8-5-12(3-4-16-8)9(13)6-11(2)7-10(14)15/h8H,3-7H2,1-2H3,(H,14,15). The van der Waals surface area contributed by atoms with Crippen molar-refractivity contribution in [2.45, 2.75) is 13.0 Å². The van der Waals surface area contributed by atoms with E-state index >= 15 is 0 Å². The third kappa shape index (κ3) is 4.16. The Hall–Kier alpha value is -1.14. The molecule has 0 saturated carbocycles. The average molecular weight is 230 g/mol. The minimum atomic E-state index is -0.925. The summed E-state index contributed by atoms with van der Waals surface area (Å²) >= 11 is 0. The molecule has 0 radical (unpaired) electrons. The van der Waals surface area contributed by atoms with Crippen LogP contribution in [0.4, 0.5) is 0 Å². The molecule has 0 spiro atoms. The zero-order chi connectivity index (χ0) is 12.1. The van der Waals surface area contributed by atoms with Crippen molar-refractivity contribution >= 4 is 11.9 Å². The molecule has 6 heteroatoms. The van der Waals surface area contributed by atoms with Crippen LogP contribution in [0.3, 0.4) is 0 Å². The van der Waals surface area contributed by atoms with Crippen LogP contribution in [-0.2, 0) is 14.3 Å². The van der Waals surface area contributed by atoms with Gasteiger partial charge in [0.2, 0.25) is 5.91 Å². The molecule has 92 valence electrons. The van der Waals surface area contributed by atoms with Crippen molar-refractivity contribution in [3.63, 3.8) is 0 Å². The second-order valence-corrected chi connectivity index (χ2v) is 4.09. The second kappa shape index (κ2) is 5.81. The second-order valence-electron chi connectivity index (χ2n) is 4.09. The lowest BCUT2D eigenvalue weighted by Crippen LogP contribution is -2.48. The van der Waals surface area contributed by atoms with E-state index in [2.05, 4.69) is 0 Å². The highest BCUT2D eigenvalue weighted by Crippen LogP contribution is 2.04. The van der Waals surface area contributed by atoms with Crippen LogP contribution >= 0.6 is 0 Å². The summed E-state index contributed by atoms with van der Waals surface area (Å²) in [7, 11) is 1.62. The first-order chi connectivity index (χ1) is 7.49. The molecule has 0 aromatic rings. The first-order valence-corrected chi connectivity index (χ1v) is 5.28. The summed E-state index contributed by atoms with van der Waals surface area (Å²) < 4.78 is 5.33. The van der Waals surface area contributed by atoms with Gasteiger partial charge in [0.15, 0.2) is 0 Å². The molecule has 1 rings (SSSR count). The van der Waals surface area contributed by atoms with Gasteiger partial charge in [0.1, 0.15) is 0 Å². The topological polar surface area (TPSA) is 70.1 Å². The van der Waals surface area contributed by atoms with E-state index in [-0.39, 0.29) is 25.1 Å². The number of carboxylic acids is 1. The number of likely N-dealkylation sites (N-methyl/N-ethyl adjacent to an activating group) is 1. The van der Waals surface area contributed by atoms with E-state index in [9.17, 15) is 9.59 Å². The van der Waals surface area contributed by atoms with Crippen LogP contribution in [0.2, 0.25) is 0 Å². The van der Waals surface area contributed by atoms with Crippen LogP contribution in [-0.4, -0.2) is 72.7 Å². The maximum Gasteiger partial charge on any atom is 0.317 e. The summed E-state index contributed by atoms with van der Waals surface area (Å²) in [5.41, 5.74) is 0. The molecule has 1 heterocycles. The van der Waals surface area contributed by atoms with Crippen LogP contribution < -0.4 is 0 Å². The molecular formula is C10H18N2O4. The average Bonchev–Trinajstić information content (AvgIpc) is 2.16. The monoisotopic (exact) mass is 230 g/mol. The molecule has 6 nitrogen and oxygen atoms in total. The molecule has 0 aromatic heterocycles. The molecule has 1 atom stereocenters. The molecule has 1 aliphatic heterocycles. The SMILES string of the molecule is CC1CN(C(=O)CN(C)CC(=O)O)CCO1. The molecule has 0 aliphatic carbocycles. The number of morpholine rings is 1. The third-order valence-electron chi connectivity index (χ3n) is 2.40. The number of ether oxygens (including phenoxy) is 1. The van der Waals surface area contributed by atoms with Gasteiger partial charge in [-0.05, 0) is 14.0 Å². The normalized spacial score (nSPS) is 21.2. The third-order valence-corrected chi connectivity index (χ3v) is 2.40. The predicted octanol–water partition coefficient (Wildman–Crippen LogP) is -0.750. The minimum absolute atomic E-state index is 0.0427. The van der Waals surface area contributed by atoms with E-state index in [1.54, 1.807) is 11.9 Å². The number of nitrogens with zero attached hydrogens (tertiary/aromatic N) is 2. The summed E-state index contributed by atoms with van der Waals surface area (Å²) in [4.78, 5) is 25.4. The molecule has 1 fully saturated rings. The molecule has 1 aliphatic rings. The number of carboxylic acid groups (broad SMARTS) is 1. The number of carbonyl (C=O) groups is 2. The largest absolute Gasteiger partial charge is 0.480 e. The molecule has 1 amide bonds. The Balaban J connectivity index is 2.36. The van der Waals surface area contributed by atoms with Gasteiger partial charge in [-0.15, -0.1) is 0 Å². The van der Waals surface area contributed by atoms with Crippen LogP contribution in [0.1, 0.15) is 6.92 Å². The van der Waals surface area contributed by atoms with E-state index in [1.165, 1.54) is 4.90 Å². The smallest absolute Gasteiger partial charge is 0.317 e.